The quantitative estimate of drug-likeness (QED) is 0.150. The molecule has 0 unspecified atom stereocenters. The number of ether oxygens (including phenoxy) is 1. The van der Waals surface area contributed by atoms with E-state index in [1.165, 1.54) is 33.4 Å². The number of para-hydroxylation sites is 1. The molecule has 268 valence electrons. The molecule has 0 fully saturated rings. The number of benzene rings is 4. The molecule has 52 heavy (non-hydrogen) atoms. The van der Waals surface area contributed by atoms with Crippen molar-refractivity contribution in [1.82, 2.24) is 19.3 Å². The average Bonchev–Trinajstić information content (AvgIpc) is 3.56. The minimum absolute atomic E-state index is 0. The summed E-state index contributed by atoms with van der Waals surface area (Å²) < 4.78 is 10.9. The predicted molar refractivity (Wildman–Crippen MR) is 211 cm³/mol. The Bertz CT molecular complexity index is 2420. The summed E-state index contributed by atoms with van der Waals surface area (Å²) in [6.07, 6.45) is 1.90. The molecule has 0 aliphatic heterocycles. The fourth-order valence-electron chi connectivity index (χ4n) is 7.31. The smallest absolute Gasteiger partial charge is 0.509 e. The molecule has 7 aromatic rings. The predicted octanol–water partition coefficient (Wildman–Crippen LogP) is 12.2. The van der Waals surface area contributed by atoms with Gasteiger partial charge in [0.25, 0.3) is 0 Å². The fourth-order valence-corrected chi connectivity index (χ4v) is 7.31. The second-order valence-electron chi connectivity index (χ2n) is 15.7. The zero-order valence-corrected chi connectivity index (χ0v) is 34.4. The van der Waals surface area contributed by atoms with Crippen molar-refractivity contribution in [3.05, 3.63) is 130 Å². The van der Waals surface area contributed by atoms with Crippen molar-refractivity contribution in [2.45, 2.75) is 93.4 Å². The van der Waals surface area contributed by atoms with Crippen molar-refractivity contribution >= 4 is 21.8 Å². The third-order valence-corrected chi connectivity index (χ3v) is 10.1. The molecule has 7 rings (SSSR count). The number of aromatic nitrogens is 4. The minimum Gasteiger partial charge on any atom is -0.509 e. The van der Waals surface area contributed by atoms with Crippen LogP contribution in [0.4, 0.5) is 0 Å². The number of nitrogens with zero attached hydrogens (tertiary/aromatic N) is 4. The van der Waals surface area contributed by atoms with Crippen LogP contribution in [0.15, 0.2) is 79.0 Å². The van der Waals surface area contributed by atoms with Gasteiger partial charge in [-0.2, -0.15) is 11.2 Å². The molecular formula is C46H48N4OPt. The van der Waals surface area contributed by atoms with E-state index in [2.05, 4.69) is 160 Å². The van der Waals surface area contributed by atoms with Crippen LogP contribution in [0.2, 0.25) is 0 Å². The summed E-state index contributed by atoms with van der Waals surface area (Å²) in [5.74, 6) is 2.87. The van der Waals surface area contributed by atoms with Gasteiger partial charge in [0.2, 0.25) is 0 Å². The number of hydrogen-bond acceptors (Lipinski definition) is 3. The normalized spacial score (nSPS) is 11.9. The maximum atomic E-state index is 6.65. The van der Waals surface area contributed by atoms with Gasteiger partial charge in [-0.15, -0.1) is 41.3 Å². The first-order valence-corrected chi connectivity index (χ1v) is 18.1. The molecule has 0 saturated carbocycles. The van der Waals surface area contributed by atoms with Gasteiger partial charge in [0.15, 0.2) is 0 Å². The Kier molecular flexibility index (Phi) is 10.2. The molecular weight excluding hydrogens is 820 g/mol. The van der Waals surface area contributed by atoms with Crippen LogP contribution in [0.25, 0.3) is 44.4 Å². The van der Waals surface area contributed by atoms with Gasteiger partial charge in [-0.05, 0) is 102 Å². The van der Waals surface area contributed by atoms with Crippen molar-refractivity contribution in [2.24, 2.45) is 0 Å². The molecule has 0 atom stereocenters. The summed E-state index contributed by atoms with van der Waals surface area (Å²) in [5.41, 5.74) is 13.7. The first-order chi connectivity index (χ1) is 24.2. The largest absolute Gasteiger partial charge is 2.00 e. The second kappa shape index (κ2) is 14.2. The van der Waals surface area contributed by atoms with Crippen LogP contribution in [-0.2, 0) is 26.5 Å². The van der Waals surface area contributed by atoms with Gasteiger partial charge in [0, 0.05) is 34.5 Å². The molecule has 0 amide bonds. The van der Waals surface area contributed by atoms with Gasteiger partial charge in [-0.1, -0.05) is 84.3 Å². The first-order valence-electron chi connectivity index (χ1n) is 18.1. The molecule has 6 heteroatoms. The van der Waals surface area contributed by atoms with E-state index < -0.39 is 0 Å². The third-order valence-electron chi connectivity index (χ3n) is 10.1. The van der Waals surface area contributed by atoms with Gasteiger partial charge in [0.05, 0.1) is 5.69 Å². The molecule has 0 aliphatic rings. The Hall–Kier alpha value is -4.47. The summed E-state index contributed by atoms with van der Waals surface area (Å²) in [5, 5.41) is 7.34. The molecule has 0 aliphatic carbocycles. The molecule has 5 nitrogen and oxygen atoms in total. The van der Waals surface area contributed by atoms with E-state index in [1.54, 1.807) is 0 Å². The van der Waals surface area contributed by atoms with Crippen LogP contribution in [0, 0.1) is 39.8 Å². The molecule has 0 spiro atoms. The van der Waals surface area contributed by atoms with E-state index in [1.807, 2.05) is 16.9 Å². The van der Waals surface area contributed by atoms with Gasteiger partial charge >= 0.3 is 21.1 Å². The van der Waals surface area contributed by atoms with Crippen LogP contribution in [0.5, 0.6) is 11.5 Å². The average molecular weight is 868 g/mol. The number of rotatable bonds is 7. The van der Waals surface area contributed by atoms with Gasteiger partial charge in [-0.25, -0.2) is 4.98 Å². The molecule has 0 N–H and O–H groups in total. The number of aryl methyl sites for hydroxylation is 3. The van der Waals surface area contributed by atoms with Crippen LogP contribution >= 0.6 is 0 Å². The van der Waals surface area contributed by atoms with E-state index in [4.69, 9.17) is 14.8 Å². The fraction of sp³-hybridized carbons (Fsp3) is 0.304. The van der Waals surface area contributed by atoms with Gasteiger partial charge in [-0.3, -0.25) is 4.68 Å². The Morgan fingerprint density at radius 3 is 2.06 bits per heavy atom. The number of fused-ring (bicyclic) bond motifs is 3. The molecule has 4 aromatic carbocycles. The van der Waals surface area contributed by atoms with Crippen molar-refractivity contribution in [3.63, 3.8) is 0 Å². The topological polar surface area (TPSA) is 44.9 Å². The molecule has 3 heterocycles. The number of hydrogen-bond donors (Lipinski definition) is 0. The van der Waals surface area contributed by atoms with Gasteiger partial charge in [0.1, 0.15) is 5.82 Å². The summed E-state index contributed by atoms with van der Waals surface area (Å²) in [4.78, 5) is 4.83. The van der Waals surface area contributed by atoms with E-state index in [0.29, 0.717) is 17.4 Å². The summed E-state index contributed by atoms with van der Waals surface area (Å²) >= 11 is 0. The Balaban J connectivity index is 0.00000464. The third kappa shape index (κ3) is 6.76. The summed E-state index contributed by atoms with van der Waals surface area (Å²) in [6, 6.07) is 33.0. The van der Waals surface area contributed by atoms with Crippen molar-refractivity contribution < 1.29 is 25.8 Å². The molecule has 0 saturated heterocycles. The second-order valence-corrected chi connectivity index (χ2v) is 15.7. The minimum atomic E-state index is -0.00824. The monoisotopic (exact) mass is 867 g/mol. The zero-order valence-electron chi connectivity index (χ0n) is 32.2. The standard InChI is InChI=1S/C46H48N4O.Pt/c1-27(2)33-20-29(5)44(30(6)21-33)45-31(7)48-50(32(45)8)36-22-34(28(3)4)23-38(25-36)51-37-16-17-40-39-14-12-13-15-41(39)49(42(40)26-37)43-24-35(18-19-47-43)46(9,10)11;/h12-24,27-28H,1-11H3;/q-2;+2. The molecule has 0 bridgehead atoms. The van der Waals surface area contributed by atoms with E-state index in [-0.39, 0.29) is 32.4 Å². The van der Waals surface area contributed by atoms with Crippen molar-refractivity contribution in [2.75, 3.05) is 0 Å². The SMILES string of the molecule is Cc1cc(C(C)C)cc(C)c1-c1c(C)nn(-c2[c-]c(Oc3[c-]c4c(cc3)c3ccccc3n4-c3cc(C(C)(C)C)ccn3)cc(C(C)C)c2)c1C.[Pt+2]. The van der Waals surface area contributed by atoms with Gasteiger partial charge < -0.3 is 9.30 Å². The maximum Gasteiger partial charge on any atom is 2.00 e. The van der Waals surface area contributed by atoms with E-state index >= 15 is 0 Å². The summed E-state index contributed by atoms with van der Waals surface area (Å²) in [6.45, 7) is 24.3. The van der Waals surface area contributed by atoms with E-state index in [9.17, 15) is 0 Å². The molecule has 3 aromatic heterocycles. The Morgan fingerprint density at radius 1 is 0.712 bits per heavy atom. The van der Waals surface area contributed by atoms with Crippen molar-refractivity contribution in [1.29, 1.82) is 0 Å². The Morgan fingerprint density at radius 2 is 1.38 bits per heavy atom. The Labute approximate surface area is 323 Å². The van der Waals surface area contributed by atoms with Crippen molar-refractivity contribution in [3.8, 4) is 34.1 Å². The van der Waals surface area contributed by atoms with Crippen LogP contribution in [-0.4, -0.2) is 19.3 Å². The molecule has 0 radical (unpaired) electrons. The summed E-state index contributed by atoms with van der Waals surface area (Å²) in [7, 11) is 0. The number of pyridine rings is 1. The zero-order chi connectivity index (χ0) is 36.4. The van der Waals surface area contributed by atoms with Crippen LogP contribution in [0.1, 0.15) is 99.5 Å². The van der Waals surface area contributed by atoms with Crippen LogP contribution in [0.3, 0.4) is 0 Å². The maximum absolute atomic E-state index is 6.65. The first kappa shape index (κ1) is 37.3. The van der Waals surface area contributed by atoms with Crippen LogP contribution < -0.4 is 4.74 Å². The van der Waals surface area contributed by atoms with E-state index in [0.717, 1.165) is 50.3 Å².